The molecule has 1 atom stereocenters. The van der Waals surface area contributed by atoms with Gasteiger partial charge in [-0.1, -0.05) is 0 Å². The highest BCUT2D eigenvalue weighted by atomic mass is 19.4. The van der Waals surface area contributed by atoms with Crippen LogP contribution >= 0.6 is 0 Å². The lowest BCUT2D eigenvalue weighted by molar-refractivity contribution is -0.180. The molecule has 3 N–H and O–H groups in total. The molecule has 0 aliphatic heterocycles. The lowest BCUT2D eigenvalue weighted by atomic mass is 10.1. The number of hydrogen-bond acceptors (Lipinski definition) is 2. The molecule has 0 rings (SSSR count). The summed E-state index contributed by atoms with van der Waals surface area (Å²) in [6.07, 6.45) is -5.47. The van der Waals surface area contributed by atoms with Crippen molar-refractivity contribution in [2.24, 2.45) is 11.7 Å². The molecular weight excluding hydrogens is 163 g/mol. The molecule has 66 valence electrons. The van der Waals surface area contributed by atoms with E-state index in [9.17, 15) is 18.0 Å². The summed E-state index contributed by atoms with van der Waals surface area (Å²) < 4.78 is 35.2. The Bertz CT molecular complexity index is 145. The molecule has 0 aliphatic rings. The number of carbonyl (C=O) groups is 1. The standard InChI is InChI=1S/C5H8F3NO2/c6-5(7,8)3(2-9)1-4(10)11/h3H,1-2,9H2,(H,10,11)/t3-/m1/s1. The zero-order valence-corrected chi connectivity index (χ0v) is 5.56. The quantitative estimate of drug-likeness (QED) is 0.653. The van der Waals surface area contributed by atoms with Gasteiger partial charge in [0.15, 0.2) is 0 Å². The van der Waals surface area contributed by atoms with E-state index in [0.717, 1.165) is 0 Å². The Labute approximate surface area is 61.0 Å². The van der Waals surface area contributed by atoms with Crippen LogP contribution in [-0.4, -0.2) is 23.8 Å². The Morgan fingerprint density at radius 3 is 2.09 bits per heavy atom. The van der Waals surface area contributed by atoms with Gasteiger partial charge in [0.05, 0.1) is 12.3 Å². The van der Waals surface area contributed by atoms with Crippen molar-refractivity contribution < 1.29 is 23.1 Å². The molecule has 0 aliphatic carbocycles. The maximum absolute atomic E-state index is 11.7. The third-order valence-electron chi connectivity index (χ3n) is 1.17. The van der Waals surface area contributed by atoms with Crippen molar-refractivity contribution in [1.29, 1.82) is 0 Å². The minimum Gasteiger partial charge on any atom is -0.481 e. The maximum atomic E-state index is 11.7. The molecule has 0 saturated heterocycles. The first-order valence-corrected chi connectivity index (χ1v) is 2.86. The first-order chi connectivity index (χ1) is 4.88. The van der Waals surface area contributed by atoms with Crippen LogP contribution in [0.25, 0.3) is 0 Å². The largest absolute Gasteiger partial charge is 0.481 e. The van der Waals surface area contributed by atoms with Gasteiger partial charge in [0, 0.05) is 6.54 Å². The van der Waals surface area contributed by atoms with Crippen molar-refractivity contribution >= 4 is 5.97 Å². The van der Waals surface area contributed by atoms with E-state index in [-0.39, 0.29) is 0 Å². The Hall–Kier alpha value is -0.780. The zero-order chi connectivity index (χ0) is 9.07. The molecule has 0 bridgehead atoms. The highest BCUT2D eigenvalue weighted by Crippen LogP contribution is 2.27. The number of carboxylic acid groups (broad SMARTS) is 1. The zero-order valence-electron chi connectivity index (χ0n) is 5.56. The van der Waals surface area contributed by atoms with Gasteiger partial charge in [-0.25, -0.2) is 0 Å². The second kappa shape index (κ2) is 3.56. The molecule has 0 aromatic heterocycles. The molecule has 3 nitrogen and oxygen atoms in total. The SMILES string of the molecule is NC[C@@H](CC(=O)O)C(F)(F)F. The second-order valence-corrected chi connectivity index (χ2v) is 2.07. The van der Waals surface area contributed by atoms with Crippen molar-refractivity contribution in [3.05, 3.63) is 0 Å². The van der Waals surface area contributed by atoms with E-state index in [1.54, 1.807) is 0 Å². The lowest BCUT2D eigenvalue weighted by Gasteiger charge is -2.15. The topological polar surface area (TPSA) is 63.3 Å². The molecule has 0 heterocycles. The van der Waals surface area contributed by atoms with E-state index in [0.29, 0.717) is 0 Å². The van der Waals surface area contributed by atoms with Gasteiger partial charge >= 0.3 is 12.1 Å². The Morgan fingerprint density at radius 1 is 1.55 bits per heavy atom. The number of carboxylic acids is 1. The van der Waals surface area contributed by atoms with Crippen molar-refractivity contribution in [3.63, 3.8) is 0 Å². The van der Waals surface area contributed by atoms with Gasteiger partial charge in [0.1, 0.15) is 0 Å². The van der Waals surface area contributed by atoms with Crippen LogP contribution in [0, 0.1) is 5.92 Å². The molecule has 0 spiro atoms. The molecule has 6 heteroatoms. The lowest BCUT2D eigenvalue weighted by Crippen LogP contribution is -2.32. The van der Waals surface area contributed by atoms with Crippen LogP contribution in [0.5, 0.6) is 0 Å². The summed E-state index contributed by atoms with van der Waals surface area (Å²) in [5, 5.41) is 8.02. The Kier molecular flexibility index (Phi) is 3.31. The third-order valence-corrected chi connectivity index (χ3v) is 1.17. The van der Waals surface area contributed by atoms with Gasteiger partial charge in [-0.3, -0.25) is 4.79 Å². The highest BCUT2D eigenvalue weighted by Gasteiger charge is 2.39. The summed E-state index contributed by atoms with van der Waals surface area (Å²) in [6.45, 7) is -0.685. The number of aliphatic carboxylic acids is 1. The molecule has 0 unspecified atom stereocenters. The summed E-state index contributed by atoms with van der Waals surface area (Å²) in [5.41, 5.74) is 4.72. The molecule has 0 amide bonds. The summed E-state index contributed by atoms with van der Waals surface area (Å²) >= 11 is 0. The van der Waals surface area contributed by atoms with Crippen molar-refractivity contribution in [1.82, 2.24) is 0 Å². The number of nitrogens with two attached hydrogens (primary N) is 1. The Balaban J connectivity index is 4.07. The van der Waals surface area contributed by atoms with E-state index in [1.165, 1.54) is 0 Å². The average Bonchev–Trinajstić information content (AvgIpc) is 1.79. The molecule has 11 heavy (non-hydrogen) atoms. The normalized spacial score (nSPS) is 14.5. The first-order valence-electron chi connectivity index (χ1n) is 2.86. The predicted molar refractivity (Wildman–Crippen MR) is 30.9 cm³/mol. The summed E-state index contributed by atoms with van der Waals surface area (Å²) in [6, 6.07) is 0. The van der Waals surface area contributed by atoms with E-state index in [2.05, 4.69) is 0 Å². The second-order valence-electron chi connectivity index (χ2n) is 2.07. The van der Waals surface area contributed by atoms with Gasteiger partial charge in [0.25, 0.3) is 0 Å². The van der Waals surface area contributed by atoms with Crippen LogP contribution in [0.15, 0.2) is 0 Å². The van der Waals surface area contributed by atoms with Crippen LogP contribution in [0.2, 0.25) is 0 Å². The van der Waals surface area contributed by atoms with E-state index in [4.69, 9.17) is 10.8 Å². The fraction of sp³-hybridized carbons (Fsp3) is 0.800. The van der Waals surface area contributed by atoms with Crippen LogP contribution in [-0.2, 0) is 4.79 Å². The molecular formula is C5H8F3NO2. The molecule has 0 aromatic carbocycles. The first kappa shape index (κ1) is 10.2. The van der Waals surface area contributed by atoms with Crippen LogP contribution < -0.4 is 5.73 Å². The molecule has 0 aromatic rings. The number of halogens is 3. The molecule has 0 fully saturated rings. The fourth-order valence-electron chi connectivity index (χ4n) is 0.543. The van der Waals surface area contributed by atoms with Crippen LogP contribution in [0.4, 0.5) is 13.2 Å². The van der Waals surface area contributed by atoms with Crippen molar-refractivity contribution in [2.75, 3.05) is 6.54 Å². The van der Waals surface area contributed by atoms with Crippen LogP contribution in [0.1, 0.15) is 6.42 Å². The Morgan fingerprint density at radius 2 is 2.00 bits per heavy atom. The third kappa shape index (κ3) is 3.82. The van der Waals surface area contributed by atoms with Crippen molar-refractivity contribution in [3.8, 4) is 0 Å². The number of alkyl halides is 3. The minimum absolute atomic E-state index is 0.685. The van der Waals surface area contributed by atoms with Gasteiger partial charge in [-0.05, 0) is 0 Å². The van der Waals surface area contributed by atoms with E-state index in [1.807, 2.05) is 0 Å². The van der Waals surface area contributed by atoms with Gasteiger partial charge in [0.2, 0.25) is 0 Å². The highest BCUT2D eigenvalue weighted by molar-refractivity contribution is 5.67. The summed E-state index contributed by atoms with van der Waals surface area (Å²) in [4.78, 5) is 9.86. The van der Waals surface area contributed by atoms with Crippen molar-refractivity contribution in [2.45, 2.75) is 12.6 Å². The van der Waals surface area contributed by atoms with Gasteiger partial charge in [-0.2, -0.15) is 13.2 Å². The molecule has 0 saturated carbocycles. The number of rotatable bonds is 3. The van der Waals surface area contributed by atoms with Crippen LogP contribution in [0.3, 0.4) is 0 Å². The molecule has 0 radical (unpaired) electrons. The van der Waals surface area contributed by atoms with Gasteiger partial charge < -0.3 is 10.8 Å². The fourth-order valence-corrected chi connectivity index (χ4v) is 0.543. The average molecular weight is 171 g/mol. The predicted octanol–water partition coefficient (Wildman–Crippen LogP) is 0.598. The maximum Gasteiger partial charge on any atom is 0.393 e. The summed E-state index contributed by atoms with van der Waals surface area (Å²) in [7, 11) is 0. The van der Waals surface area contributed by atoms with E-state index >= 15 is 0 Å². The number of hydrogen-bond donors (Lipinski definition) is 2. The van der Waals surface area contributed by atoms with Gasteiger partial charge in [-0.15, -0.1) is 0 Å². The smallest absolute Gasteiger partial charge is 0.393 e. The van der Waals surface area contributed by atoms with E-state index < -0.39 is 31.0 Å². The summed E-state index contributed by atoms with van der Waals surface area (Å²) in [5.74, 6) is -3.42. The minimum atomic E-state index is -4.51. The monoisotopic (exact) mass is 171 g/mol.